The van der Waals surface area contributed by atoms with Crippen LogP contribution in [0.1, 0.15) is 39.0 Å². The van der Waals surface area contributed by atoms with E-state index in [1.165, 1.54) is 18.9 Å². The normalized spacial score (nSPS) is 12.3. The van der Waals surface area contributed by atoms with E-state index in [1.807, 2.05) is 31.2 Å². The lowest BCUT2D eigenvalue weighted by Crippen LogP contribution is -2.15. The average molecular weight is 374 g/mol. The summed E-state index contributed by atoms with van der Waals surface area (Å²) < 4.78 is 6.76. The summed E-state index contributed by atoms with van der Waals surface area (Å²) >= 11 is 3.01. The minimum atomic E-state index is -0.434. The highest BCUT2D eigenvalue weighted by molar-refractivity contribution is 8.02. The SMILES string of the molecule is COC(=O)c1c(C)[nH]c(C(=O)C(C)Sc2nc3ccccc3s2)c1C. The number of aryl methyl sites for hydroxylation is 1. The van der Waals surface area contributed by atoms with E-state index in [0.29, 0.717) is 22.5 Å². The van der Waals surface area contributed by atoms with Gasteiger partial charge in [0.1, 0.15) is 0 Å². The number of aromatic nitrogens is 2. The van der Waals surface area contributed by atoms with Gasteiger partial charge >= 0.3 is 5.97 Å². The second kappa shape index (κ2) is 7.01. The predicted molar refractivity (Wildman–Crippen MR) is 101 cm³/mol. The number of thiazole rings is 1. The van der Waals surface area contributed by atoms with Crippen LogP contribution in [0.4, 0.5) is 0 Å². The number of benzene rings is 1. The van der Waals surface area contributed by atoms with Gasteiger partial charge in [-0.2, -0.15) is 0 Å². The molecule has 0 bridgehead atoms. The topological polar surface area (TPSA) is 72.1 Å². The number of methoxy groups -OCH3 is 1. The molecule has 0 aliphatic heterocycles. The molecule has 1 N–H and O–H groups in total. The monoisotopic (exact) mass is 374 g/mol. The lowest BCUT2D eigenvalue weighted by atomic mass is 10.1. The Morgan fingerprint density at radius 1 is 1.28 bits per heavy atom. The molecule has 0 fully saturated rings. The maximum absolute atomic E-state index is 12.8. The van der Waals surface area contributed by atoms with Crippen molar-refractivity contribution in [1.29, 1.82) is 0 Å². The fourth-order valence-electron chi connectivity index (χ4n) is 2.71. The van der Waals surface area contributed by atoms with Gasteiger partial charge in [-0.3, -0.25) is 4.79 Å². The van der Waals surface area contributed by atoms with E-state index in [2.05, 4.69) is 9.97 Å². The van der Waals surface area contributed by atoms with E-state index in [4.69, 9.17) is 4.74 Å². The maximum atomic E-state index is 12.8. The van der Waals surface area contributed by atoms with Gasteiger partial charge in [0.2, 0.25) is 0 Å². The number of H-pyrrole nitrogens is 1. The number of carbonyl (C=O) groups is 2. The molecule has 5 nitrogen and oxygen atoms in total. The summed E-state index contributed by atoms with van der Waals surface area (Å²) in [5, 5.41) is -0.317. The summed E-state index contributed by atoms with van der Waals surface area (Å²) in [5.41, 5.74) is 3.10. The van der Waals surface area contributed by atoms with E-state index in [-0.39, 0.29) is 11.0 Å². The van der Waals surface area contributed by atoms with Crippen LogP contribution in [-0.4, -0.2) is 34.1 Å². The molecule has 3 aromatic rings. The van der Waals surface area contributed by atoms with Gasteiger partial charge in [-0.15, -0.1) is 11.3 Å². The number of carbonyl (C=O) groups excluding carboxylic acids is 2. The molecule has 3 rings (SSSR count). The predicted octanol–water partition coefficient (Wildman–Crippen LogP) is 4.39. The molecule has 2 heterocycles. The standard InChI is InChI=1S/C18H18N2O3S2/c1-9-14(17(22)23-4)10(2)19-15(9)16(21)11(3)24-18-20-12-7-5-6-8-13(12)25-18/h5-8,11,19H,1-4H3. The first-order valence-electron chi connectivity index (χ1n) is 7.76. The highest BCUT2D eigenvalue weighted by atomic mass is 32.2. The van der Waals surface area contributed by atoms with Gasteiger partial charge in [-0.05, 0) is 38.5 Å². The van der Waals surface area contributed by atoms with Gasteiger partial charge < -0.3 is 9.72 Å². The van der Waals surface area contributed by atoms with Gasteiger partial charge in [-0.1, -0.05) is 23.9 Å². The first kappa shape index (κ1) is 17.7. The molecule has 0 spiro atoms. The number of ketones is 1. The second-order valence-electron chi connectivity index (χ2n) is 5.69. The Kier molecular flexibility index (Phi) is 4.96. The quantitative estimate of drug-likeness (QED) is 0.407. The van der Waals surface area contributed by atoms with Crippen LogP contribution in [-0.2, 0) is 4.74 Å². The summed E-state index contributed by atoms with van der Waals surface area (Å²) in [7, 11) is 1.33. The molecule has 130 valence electrons. The summed E-state index contributed by atoms with van der Waals surface area (Å²) in [6.45, 7) is 5.38. The third kappa shape index (κ3) is 3.34. The zero-order valence-electron chi connectivity index (χ0n) is 14.4. The number of Topliss-reactive ketones (excluding diaryl/α,β-unsaturated/α-hetero) is 1. The fourth-order valence-corrected chi connectivity index (χ4v) is 4.98. The molecular formula is C18H18N2O3S2. The van der Waals surface area contributed by atoms with Crippen LogP contribution in [0.5, 0.6) is 0 Å². The third-order valence-electron chi connectivity index (χ3n) is 3.99. The Hall–Kier alpha value is -2.12. The Morgan fingerprint density at radius 2 is 2.00 bits per heavy atom. The van der Waals surface area contributed by atoms with Crippen LogP contribution in [0.25, 0.3) is 10.2 Å². The Labute approximate surface area is 153 Å². The molecule has 1 aromatic carbocycles. The van der Waals surface area contributed by atoms with E-state index in [0.717, 1.165) is 14.6 Å². The van der Waals surface area contributed by atoms with Crippen LogP contribution >= 0.6 is 23.1 Å². The van der Waals surface area contributed by atoms with Crippen molar-refractivity contribution < 1.29 is 14.3 Å². The molecule has 0 aliphatic carbocycles. The molecule has 1 atom stereocenters. The number of nitrogens with zero attached hydrogens (tertiary/aromatic N) is 1. The molecule has 0 aliphatic rings. The highest BCUT2D eigenvalue weighted by Crippen LogP contribution is 2.33. The van der Waals surface area contributed by atoms with Crippen molar-refractivity contribution in [3.8, 4) is 0 Å². The molecule has 1 unspecified atom stereocenters. The first-order valence-corrected chi connectivity index (χ1v) is 9.46. The number of thioether (sulfide) groups is 1. The van der Waals surface area contributed by atoms with Gasteiger partial charge in [0, 0.05) is 5.69 Å². The number of aromatic amines is 1. The summed E-state index contributed by atoms with van der Waals surface area (Å²) in [6.07, 6.45) is 0. The Bertz CT molecular complexity index is 926. The van der Waals surface area contributed by atoms with E-state index in [9.17, 15) is 9.59 Å². The van der Waals surface area contributed by atoms with Gasteiger partial charge in [0.15, 0.2) is 10.1 Å². The third-order valence-corrected chi connectivity index (χ3v) is 6.22. The molecule has 0 saturated heterocycles. The largest absolute Gasteiger partial charge is 0.465 e. The first-order chi connectivity index (χ1) is 11.9. The number of hydrogen-bond acceptors (Lipinski definition) is 6. The smallest absolute Gasteiger partial charge is 0.339 e. The summed E-state index contributed by atoms with van der Waals surface area (Å²) in [5.74, 6) is -0.489. The second-order valence-corrected chi connectivity index (χ2v) is 8.31. The molecule has 7 heteroatoms. The molecule has 25 heavy (non-hydrogen) atoms. The number of nitrogens with one attached hydrogen (secondary N) is 1. The molecule has 0 saturated carbocycles. The zero-order valence-corrected chi connectivity index (χ0v) is 16.0. The summed E-state index contributed by atoms with van der Waals surface area (Å²) in [4.78, 5) is 32.3. The van der Waals surface area contributed by atoms with Crippen LogP contribution in [0.3, 0.4) is 0 Å². The summed E-state index contributed by atoms with van der Waals surface area (Å²) in [6, 6.07) is 7.90. The van der Waals surface area contributed by atoms with Crippen molar-refractivity contribution in [2.24, 2.45) is 0 Å². The number of hydrogen-bond donors (Lipinski definition) is 1. The number of ether oxygens (including phenoxy) is 1. The highest BCUT2D eigenvalue weighted by Gasteiger charge is 2.26. The Balaban J connectivity index is 1.84. The van der Waals surface area contributed by atoms with Crippen LogP contribution < -0.4 is 0 Å². The minimum absolute atomic E-state index is 0.0555. The van der Waals surface area contributed by atoms with Crippen LogP contribution in [0.15, 0.2) is 28.6 Å². The number of para-hydroxylation sites is 1. The minimum Gasteiger partial charge on any atom is -0.465 e. The van der Waals surface area contributed by atoms with Gasteiger partial charge in [0.25, 0.3) is 0 Å². The Morgan fingerprint density at radius 3 is 2.68 bits per heavy atom. The fraction of sp³-hybridized carbons (Fsp3) is 0.278. The van der Waals surface area contributed by atoms with Gasteiger partial charge in [0.05, 0.1) is 33.8 Å². The zero-order chi connectivity index (χ0) is 18.1. The van der Waals surface area contributed by atoms with Crippen molar-refractivity contribution in [1.82, 2.24) is 9.97 Å². The number of rotatable bonds is 5. The number of fused-ring (bicyclic) bond motifs is 1. The maximum Gasteiger partial charge on any atom is 0.339 e. The van der Waals surface area contributed by atoms with Crippen molar-refractivity contribution in [2.75, 3.05) is 7.11 Å². The van der Waals surface area contributed by atoms with Crippen molar-refractivity contribution in [3.63, 3.8) is 0 Å². The lowest BCUT2D eigenvalue weighted by Gasteiger charge is -2.08. The van der Waals surface area contributed by atoms with E-state index in [1.54, 1.807) is 25.2 Å². The van der Waals surface area contributed by atoms with Crippen molar-refractivity contribution in [2.45, 2.75) is 30.4 Å². The number of esters is 1. The van der Waals surface area contributed by atoms with Crippen molar-refractivity contribution >= 4 is 45.1 Å². The van der Waals surface area contributed by atoms with Crippen molar-refractivity contribution in [3.05, 3.63) is 46.8 Å². The molecule has 2 aromatic heterocycles. The lowest BCUT2D eigenvalue weighted by molar-refractivity contribution is 0.0599. The molecule has 0 radical (unpaired) electrons. The average Bonchev–Trinajstić information content (AvgIpc) is 3.13. The van der Waals surface area contributed by atoms with E-state index < -0.39 is 5.97 Å². The van der Waals surface area contributed by atoms with E-state index >= 15 is 0 Å². The van der Waals surface area contributed by atoms with Crippen LogP contribution in [0.2, 0.25) is 0 Å². The van der Waals surface area contributed by atoms with Crippen LogP contribution in [0, 0.1) is 13.8 Å². The molecular weight excluding hydrogens is 356 g/mol. The van der Waals surface area contributed by atoms with Gasteiger partial charge in [-0.25, -0.2) is 9.78 Å². The molecule has 0 amide bonds.